The van der Waals surface area contributed by atoms with E-state index >= 15 is 0 Å². The number of rotatable bonds is 9. The SMILES string of the molecule is COc1ccc(CN2C(=O)NC3(CCN(CC[C@H](NC(=O)C4(C)CC4)c4ccccc4)CC3)C2=O)cc1. The molecule has 2 heterocycles. The van der Waals surface area contributed by atoms with Crippen LogP contribution in [-0.4, -0.2) is 59.9 Å². The lowest BCUT2D eigenvalue weighted by molar-refractivity contribution is -0.133. The van der Waals surface area contributed by atoms with E-state index in [1.807, 2.05) is 49.4 Å². The average molecular weight is 505 g/mol. The molecule has 1 atom stereocenters. The number of nitrogens with one attached hydrogen (secondary N) is 2. The molecule has 0 unspecified atom stereocenters. The van der Waals surface area contributed by atoms with Gasteiger partial charge < -0.3 is 20.3 Å². The first kappa shape index (κ1) is 25.3. The van der Waals surface area contributed by atoms with Crippen LogP contribution >= 0.6 is 0 Å². The Balaban J connectivity index is 1.17. The van der Waals surface area contributed by atoms with E-state index in [0.29, 0.717) is 12.8 Å². The van der Waals surface area contributed by atoms with Gasteiger partial charge in [-0.05, 0) is 55.4 Å². The van der Waals surface area contributed by atoms with Gasteiger partial charge in [-0.2, -0.15) is 0 Å². The van der Waals surface area contributed by atoms with Crippen LogP contribution in [0.5, 0.6) is 5.75 Å². The largest absolute Gasteiger partial charge is 0.497 e. The molecular weight excluding hydrogens is 468 g/mol. The third-order valence-corrected chi connectivity index (χ3v) is 8.24. The average Bonchev–Trinajstić information content (AvgIpc) is 3.64. The fraction of sp³-hybridized carbons (Fsp3) is 0.483. The molecule has 8 heteroatoms. The fourth-order valence-electron chi connectivity index (χ4n) is 5.30. The molecular formula is C29H36N4O4. The van der Waals surface area contributed by atoms with Gasteiger partial charge in [0.15, 0.2) is 0 Å². The summed E-state index contributed by atoms with van der Waals surface area (Å²) in [5, 5.41) is 6.28. The lowest BCUT2D eigenvalue weighted by Gasteiger charge is -2.38. The highest BCUT2D eigenvalue weighted by atomic mass is 16.5. The summed E-state index contributed by atoms with van der Waals surface area (Å²) in [4.78, 5) is 42.5. The van der Waals surface area contributed by atoms with Crippen LogP contribution in [0.3, 0.4) is 0 Å². The highest BCUT2D eigenvalue weighted by molar-refractivity contribution is 6.07. The minimum absolute atomic E-state index is 0.0465. The summed E-state index contributed by atoms with van der Waals surface area (Å²) >= 11 is 0. The molecule has 4 amide bonds. The third-order valence-electron chi connectivity index (χ3n) is 8.24. The van der Waals surface area contributed by atoms with Gasteiger partial charge >= 0.3 is 6.03 Å². The Morgan fingerprint density at radius 1 is 1.03 bits per heavy atom. The first-order chi connectivity index (χ1) is 17.8. The number of likely N-dealkylation sites (tertiary alicyclic amines) is 1. The van der Waals surface area contributed by atoms with Crippen molar-refractivity contribution in [3.63, 3.8) is 0 Å². The quantitative estimate of drug-likeness (QED) is 0.509. The predicted octanol–water partition coefficient (Wildman–Crippen LogP) is 3.63. The second-order valence-corrected chi connectivity index (χ2v) is 10.9. The minimum atomic E-state index is -0.826. The number of imide groups is 1. The van der Waals surface area contributed by atoms with Crippen LogP contribution in [0.1, 0.15) is 56.2 Å². The molecule has 3 fully saturated rings. The second-order valence-electron chi connectivity index (χ2n) is 10.9. The lowest BCUT2D eigenvalue weighted by atomic mass is 9.87. The topological polar surface area (TPSA) is 91.0 Å². The molecule has 2 aromatic rings. The number of carbonyl (C=O) groups excluding carboxylic acids is 3. The highest BCUT2D eigenvalue weighted by Crippen LogP contribution is 2.45. The number of piperidine rings is 1. The van der Waals surface area contributed by atoms with Crippen LogP contribution in [0.4, 0.5) is 4.79 Å². The van der Waals surface area contributed by atoms with Crippen molar-refractivity contribution >= 4 is 17.8 Å². The molecule has 2 aromatic carbocycles. The second kappa shape index (κ2) is 10.2. The summed E-state index contributed by atoms with van der Waals surface area (Å²) in [6, 6.07) is 17.2. The Labute approximate surface area is 218 Å². The van der Waals surface area contributed by atoms with E-state index in [1.54, 1.807) is 7.11 Å². The molecule has 2 saturated heterocycles. The molecule has 8 nitrogen and oxygen atoms in total. The zero-order valence-electron chi connectivity index (χ0n) is 21.7. The molecule has 1 saturated carbocycles. The van der Waals surface area contributed by atoms with E-state index < -0.39 is 5.54 Å². The van der Waals surface area contributed by atoms with Crippen molar-refractivity contribution < 1.29 is 19.1 Å². The molecule has 2 aliphatic heterocycles. The van der Waals surface area contributed by atoms with E-state index in [2.05, 4.69) is 27.7 Å². The summed E-state index contributed by atoms with van der Waals surface area (Å²) < 4.78 is 5.19. The number of methoxy groups -OCH3 is 1. The molecule has 1 spiro atoms. The Morgan fingerprint density at radius 3 is 2.32 bits per heavy atom. The Morgan fingerprint density at radius 2 is 1.70 bits per heavy atom. The van der Waals surface area contributed by atoms with Gasteiger partial charge in [0, 0.05) is 25.0 Å². The molecule has 0 aromatic heterocycles. The van der Waals surface area contributed by atoms with Crippen LogP contribution in [0.15, 0.2) is 54.6 Å². The number of benzene rings is 2. The number of nitrogens with zero attached hydrogens (tertiary/aromatic N) is 2. The number of hydrogen-bond donors (Lipinski definition) is 2. The summed E-state index contributed by atoms with van der Waals surface area (Å²) in [7, 11) is 1.61. The number of carbonyl (C=O) groups is 3. The van der Waals surface area contributed by atoms with Gasteiger partial charge in [0.2, 0.25) is 5.91 Å². The van der Waals surface area contributed by atoms with Crippen LogP contribution in [0.2, 0.25) is 0 Å². The maximum atomic E-state index is 13.4. The molecule has 196 valence electrons. The highest BCUT2D eigenvalue weighted by Gasteiger charge is 2.52. The van der Waals surface area contributed by atoms with Gasteiger partial charge in [-0.25, -0.2) is 4.79 Å². The standard InChI is InChI=1S/C29H36N4O4/c1-28(13-14-28)25(34)30-24(22-6-4-3-5-7-22)12-17-32-18-15-29(16-19-32)26(35)33(27(36)31-29)20-21-8-10-23(37-2)11-9-21/h3-11,24H,12-20H2,1-2H3,(H,30,34)(H,31,36)/t24-/m0/s1. The molecule has 5 rings (SSSR count). The molecule has 2 N–H and O–H groups in total. The van der Waals surface area contributed by atoms with E-state index in [4.69, 9.17) is 4.74 Å². The summed E-state index contributed by atoms with van der Waals surface area (Å²) in [5.41, 5.74) is 0.950. The van der Waals surface area contributed by atoms with Crippen molar-refractivity contribution in [2.45, 2.75) is 57.2 Å². The van der Waals surface area contributed by atoms with Gasteiger partial charge in [-0.15, -0.1) is 0 Å². The van der Waals surface area contributed by atoms with Crippen molar-refractivity contribution in [2.24, 2.45) is 5.41 Å². The number of hydrogen-bond acceptors (Lipinski definition) is 5. The van der Waals surface area contributed by atoms with Gasteiger partial charge in [0.1, 0.15) is 11.3 Å². The lowest BCUT2D eigenvalue weighted by Crippen LogP contribution is -2.55. The summed E-state index contributed by atoms with van der Waals surface area (Å²) in [5.74, 6) is 0.732. The molecule has 0 radical (unpaired) electrons. The summed E-state index contributed by atoms with van der Waals surface area (Å²) in [6.07, 6.45) is 3.85. The fourth-order valence-corrected chi connectivity index (χ4v) is 5.30. The van der Waals surface area contributed by atoms with Crippen LogP contribution in [0.25, 0.3) is 0 Å². The normalized spacial score (nSPS) is 21.0. The molecule has 0 bridgehead atoms. The number of urea groups is 1. The van der Waals surface area contributed by atoms with Crippen molar-refractivity contribution in [3.05, 3.63) is 65.7 Å². The molecule has 37 heavy (non-hydrogen) atoms. The van der Waals surface area contributed by atoms with Crippen molar-refractivity contribution in [3.8, 4) is 5.75 Å². The van der Waals surface area contributed by atoms with Gasteiger partial charge in [0.05, 0.1) is 19.7 Å². The Bertz CT molecular complexity index is 1140. The molecule has 1 aliphatic carbocycles. The van der Waals surface area contributed by atoms with Crippen molar-refractivity contribution in [1.82, 2.24) is 20.4 Å². The first-order valence-electron chi connectivity index (χ1n) is 13.2. The van der Waals surface area contributed by atoms with Crippen molar-refractivity contribution in [2.75, 3.05) is 26.7 Å². The maximum absolute atomic E-state index is 13.4. The van der Waals surface area contributed by atoms with Crippen LogP contribution in [-0.2, 0) is 16.1 Å². The van der Waals surface area contributed by atoms with Crippen LogP contribution in [0, 0.1) is 5.41 Å². The first-order valence-corrected chi connectivity index (χ1v) is 13.2. The Hall–Kier alpha value is -3.39. The predicted molar refractivity (Wildman–Crippen MR) is 140 cm³/mol. The van der Waals surface area contributed by atoms with E-state index in [9.17, 15) is 14.4 Å². The van der Waals surface area contributed by atoms with Gasteiger partial charge in [0.25, 0.3) is 5.91 Å². The van der Waals surface area contributed by atoms with Crippen molar-refractivity contribution in [1.29, 1.82) is 0 Å². The number of ether oxygens (including phenoxy) is 1. The maximum Gasteiger partial charge on any atom is 0.325 e. The zero-order chi connectivity index (χ0) is 26.0. The smallest absolute Gasteiger partial charge is 0.325 e. The van der Waals surface area contributed by atoms with Crippen LogP contribution < -0.4 is 15.4 Å². The third kappa shape index (κ3) is 5.34. The van der Waals surface area contributed by atoms with E-state index in [-0.39, 0.29) is 35.8 Å². The molecule has 3 aliphatic rings. The minimum Gasteiger partial charge on any atom is -0.497 e. The van der Waals surface area contributed by atoms with E-state index in [1.165, 1.54) is 4.90 Å². The number of amides is 4. The monoisotopic (exact) mass is 504 g/mol. The Kier molecular flexibility index (Phi) is 6.94. The van der Waals surface area contributed by atoms with Gasteiger partial charge in [-0.3, -0.25) is 14.5 Å². The summed E-state index contributed by atoms with van der Waals surface area (Å²) in [6.45, 7) is 4.52. The zero-order valence-corrected chi connectivity index (χ0v) is 21.7. The van der Waals surface area contributed by atoms with E-state index in [0.717, 1.165) is 55.8 Å². The van der Waals surface area contributed by atoms with Gasteiger partial charge in [-0.1, -0.05) is 49.4 Å².